The fourth-order valence-corrected chi connectivity index (χ4v) is 3.48. The molecule has 2 heterocycles. The molecule has 0 amide bonds. The van der Waals surface area contributed by atoms with Gasteiger partial charge in [-0.05, 0) is 40.5 Å². The smallest absolute Gasteiger partial charge is 0.217 e. The maximum atomic E-state index is 12.1. The second kappa shape index (κ2) is 8.99. The van der Waals surface area contributed by atoms with Gasteiger partial charge < -0.3 is 0 Å². The Morgan fingerprint density at radius 2 is 1.81 bits per heavy atom. The fraction of sp³-hybridized carbons (Fsp3) is 0.304. The molecule has 0 aliphatic carbocycles. The summed E-state index contributed by atoms with van der Waals surface area (Å²) >= 11 is 0. The van der Waals surface area contributed by atoms with Crippen molar-refractivity contribution in [3.05, 3.63) is 65.7 Å². The standard InChI is InChI=1S/C23H25N7O/c1-4-15(3)30-21(24-23(27-30)20(31)5-2)14-16-10-12-17(13-11-16)18-8-6-7-9-19(18)22-25-28-29-26-22/h6-13,15H,4-5,14H2,1-3H3,(H,25,26,28,29). The van der Waals surface area contributed by atoms with E-state index in [-0.39, 0.29) is 11.8 Å². The Bertz CT molecular complexity index is 1160. The lowest BCUT2D eigenvalue weighted by atomic mass is 9.98. The molecule has 2 aromatic carbocycles. The van der Waals surface area contributed by atoms with Gasteiger partial charge >= 0.3 is 0 Å². The van der Waals surface area contributed by atoms with Gasteiger partial charge in [0.25, 0.3) is 0 Å². The van der Waals surface area contributed by atoms with E-state index in [1.54, 1.807) is 0 Å². The highest BCUT2D eigenvalue weighted by molar-refractivity contribution is 5.92. The molecule has 0 aliphatic heterocycles. The number of Topliss-reactive ketones (excluding diaryl/α,β-unsaturated/α-hetero) is 1. The predicted octanol–water partition coefficient (Wildman–Crippen LogP) is 4.28. The molecular weight excluding hydrogens is 390 g/mol. The van der Waals surface area contributed by atoms with Crippen molar-refractivity contribution >= 4 is 5.78 Å². The Hall–Kier alpha value is -3.68. The van der Waals surface area contributed by atoms with Gasteiger partial charge in [-0.25, -0.2) is 14.8 Å². The first kappa shape index (κ1) is 20.6. The Morgan fingerprint density at radius 3 is 2.45 bits per heavy atom. The third kappa shape index (κ3) is 4.28. The SMILES string of the molecule is CCC(=O)c1nc(Cc2ccc(-c3ccccc3-c3nnn[nH]3)cc2)n(C(C)CC)n1. The highest BCUT2D eigenvalue weighted by atomic mass is 16.1. The third-order valence-corrected chi connectivity index (χ3v) is 5.44. The predicted molar refractivity (Wildman–Crippen MR) is 118 cm³/mol. The lowest BCUT2D eigenvalue weighted by Crippen LogP contribution is -2.11. The molecule has 8 nitrogen and oxygen atoms in total. The molecular formula is C23H25N7O. The van der Waals surface area contributed by atoms with Gasteiger partial charge in [0, 0.05) is 18.4 Å². The van der Waals surface area contributed by atoms with Crippen LogP contribution in [0.1, 0.15) is 61.7 Å². The maximum absolute atomic E-state index is 12.1. The number of aromatic nitrogens is 7. The van der Waals surface area contributed by atoms with Gasteiger partial charge in [0.2, 0.25) is 11.6 Å². The van der Waals surface area contributed by atoms with Gasteiger partial charge in [-0.2, -0.15) is 0 Å². The van der Waals surface area contributed by atoms with Gasteiger partial charge in [0.15, 0.2) is 5.82 Å². The van der Waals surface area contributed by atoms with Crippen LogP contribution in [0.3, 0.4) is 0 Å². The van der Waals surface area contributed by atoms with Crippen molar-refractivity contribution in [2.75, 3.05) is 0 Å². The summed E-state index contributed by atoms with van der Waals surface area (Å²) in [5.41, 5.74) is 4.17. The summed E-state index contributed by atoms with van der Waals surface area (Å²) in [6.45, 7) is 6.03. The van der Waals surface area contributed by atoms with E-state index in [2.05, 4.69) is 74.9 Å². The molecule has 1 unspecified atom stereocenters. The number of rotatable bonds is 8. The van der Waals surface area contributed by atoms with E-state index in [1.807, 2.05) is 29.8 Å². The van der Waals surface area contributed by atoms with Crippen LogP contribution >= 0.6 is 0 Å². The van der Waals surface area contributed by atoms with Crippen LogP contribution in [0.4, 0.5) is 0 Å². The van der Waals surface area contributed by atoms with Crippen LogP contribution < -0.4 is 0 Å². The lowest BCUT2D eigenvalue weighted by molar-refractivity contribution is 0.0977. The minimum Gasteiger partial charge on any atom is -0.291 e. The molecule has 31 heavy (non-hydrogen) atoms. The number of H-pyrrole nitrogens is 1. The summed E-state index contributed by atoms with van der Waals surface area (Å²) in [6.07, 6.45) is 1.93. The Morgan fingerprint density at radius 1 is 1.06 bits per heavy atom. The van der Waals surface area contributed by atoms with Crippen molar-refractivity contribution in [3.8, 4) is 22.5 Å². The van der Waals surface area contributed by atoms with E-state index in [4.69, 9.17) is 0 Å². The first-order valence-corrected chi connectivity index (χ1v) is 10.5. The van der Waals surface area contributed by atoms with Crippen molar-refractivity contribution in [3.63, 3.8) is 0 Å². The first-order chi connectivity index (χ1) is 15.1. The van der Waals surface area contributed by atoms with Crippen molar-refractivity contribution < 1.29 is 4.79 Å². The number of tetrazole rings is 1. The number of hydrogen-bond donors (Lipinski definition) is 1. The molecule has 8 heteroatoms. The van der Waals surface area contributed by atoms with Crippen LogP contribution in [0.15, 0.2) is 48.5 Å². The van der Waals surface area contributed by atoms with Crippen molar-refractivity contribution in [1.82, 2.24) is 35.4 Å². The quantitative estimate of drug-likeness (QED) is 0.431. The molecule has 4 aromatic rings. The van der Waals surface area contributed by atoms with E-state index in [0.29, 0.717) is 24.5 Å². The Kier molecular flexibility index (Phi) is 5.97. The maximum Gasteiger partial charge on any atom is 0.217 e. The van der Waals surface area contributed by atoms with E-state index in [1.165, 1.54) is 0 Å². The zero-order valence-corrected chi connectivity index (χ0v) is 17.9. The van der Waals surface area contributed by atoms with Crippen molar-refractivity contribution in [1.29, 1.82) is 0 Å². The van der Waals surface area contributed by atoms with Crippen molar-refractivity contribution in [2.45, 2.75) is 46.1 Å². The molecule has 0 radical (unpaired) electrons. The summed E-state index contributed by atoms with van der Waals surface area (Å²) in [7, 11) is 0. The summed E-state index contributed by atoms with van der Waals surface area (Å²) < 4.78 is 1.89. The third-order valence-electron chi connectivity index (χ3n) is 5.44. The molecule has 1 N–H and O–H groups in total. The Labute approximate surface area is 180 Å². The summed E-state index contributed by atoms with van der Waals surface area (Å²) in [6, 6.07) is 16.5. The van der Waals surface area contributed by atoms with E-state index >= 15 is 0 Å². The molecule has 0 saturated carbocycles. The monoisotopic (exact) mass is 415 g/mol. The van der Waals surface area contributed by atoms with Crippen LogP contribution in [-0.2, 0) is 6.42 Å². The number of aromatic amines is 1. The van der Waals surface area contributed by atoms with Gasteiger partial charge in [-0.3, -0.25) is 4.79 Å². The number of carbonyl (C=O) groups excluding carboxylic acids is 1. The molecule has 0 saturated heterocycles. The molecule has 2 aromatic heterocycles. The minimum absolute atomic E-state index is 0.0304. The second-order valence-electron chi connectivity index (χ2n) is 7.50. The molecule has 4 rings (SSSR count). The molecule has 0 bridgehead atoms. The zero-order valence-electron chi connectivity index (χ0n) is 17.9. The van der Waals surface area contributed by atoms with Crippen LogP contribution in [0.5, 0.6) is 0 Å². The van der Waals surface area contributed by atoms with Crippen LogP contribution in [0, 0.1) is 0 Å². The molecule has 1 atom stereocenters. The van der Waals surface area contributed by atoms with Gasteiger partial charge in [-0.15, -0.1) is 10.2 Å². The first-order valence-electron chi connectivity index (χ1n) is 10.5. The number of benzene rings is 2. The second-order valence-corrected chi connectivity index (χ2v) is 7.50. The Balaban J connectivity index is 1.62. The van der Waals surface area contributed by atoms with E-state index in [9.17, 15) is 4.79 Å². The number of carbonyl (C=O) groups is 1. The number of nitrogens with zero attached hydrogens (tertiary/aromatic N) is 6. The lowest BCUT2D eigenvalue weighted by Gasteiger charge is -2.12. The van der Waals surface area contributed by atoms with Gasteiger partial charge in [0.1, 0.15) is 5.82 Å². The zero-order chi connectivity index (χ0) is 21.8. The highest BCUT2D eigenvalue weighted by Crippen LogP contribution is 2.30. The fourth-order valence-electron chi connectivity index (χ4n) is 3.48. The summed E-state index contributed by atoms with van der Waals surface area (Å²) in [4.78, 5) is 16.7. The van der Waals surface area contributed by atoms with Gasteiger partial charge in [0.05, 0.1) is 6.04 Å². The van der Waals surface area contributed by atoms with Crippen LogP contribution in [0.25, 0.3) is 22.5 Å². The number of hydrogen-bond acceptors (Lipinski definition) is 6. The van der Waals surface area contributed by atoms with Crippen LogP contribution in [-0.4, -0.2) is 41.2 Å². The van der Waals surface area contributed by atoms with E-state index < -0.39 is 0 Å². The summed E-state index contributed by atoms with van der Waals surface area (Å²) in [5.74, 6) is 1.72. The van der Waals surface area contributed by atoms with Crippen molar-refractivity contribution in [2.24, 2.45) is 0 Å². The molecule has 0 aliphatic rings. The van der Waals surface area contributed by atoms with E-state index in [0.717, 1.165) is 34.5 Å². The van der Waals surface area contributed by atoms with Crippen LogP contribution in [0.2, 0.25) is 0 Å². The average molecular weight is 416 g/mol. The largest absolute Gasteiger partial charge is 0.291 e. The minimum atomic E-state index is -0.0304. The number of ketones is 1. The molecule has 0 spiro atoms. The molecule has 0 fully saturated rings. The number of nitrogens with one attached hydrogen (secondary N) is 1. The highest BCUT2D eigenvalue weighted by Gasteiger charge is 2.18. The summed E-state index contributed by atoms with van der Waals surface area (Å²) in [5, 5.41) is 18.7. The molecule has 158 valence electrons. The normalized spacial score (nSPS) is 12.1. The average Bonchev–Trinajstić information content (AvgIpc) is 3.49. The van der Waals surface area contributed by atoms with Gasteiger partial charge in [-0.1, -0.05) is 62.4 Å². The topological polar surface area (TPSA) is 102 Å².